The third-order valence-corrected chi connectivity index (χ3v) is 3.71. The van der Waals surface area contributed by atoms with Gasteiger partial charge < -0.3 is 5.32 Å². The molecule has 0 radical (unpaired) electrons. The van der Waals surface area contributed by atoms with Crippen LogP contribution in [0.1, 0.15) is 11.4 Å². The summed E-state index contributed by atoms with van der Waals surface area (Å²) in [5.41, 5.74) is 1.90. The number of nitrogens with zero attached hydrogens (tertiary/aromatic N) is 2. The second-order valence-electron chi connectivity index (χ2n) is 2.79. The van der Waals surface area contributed by atoms with Crippen molar-refractivity contribution in [2.45, 2.75) is 13.1 Å². The number of aromatic nitrogens is 2. The predicted octanol–water partition coefficient (Wildman–Crippen LogP) is 3.20. The summed E-state index contributed by atoms with van der Waals surface area (Å²) in [5, 5.41) is 7.08. The topological polar surface area (TPSA) is 37.8 Å². The Kier molecular flexibility index (Phi) is 3.93. The fourth-order valence-electron chi connectivity index (χ4n) is 1.05. The van der Waals surface area contributed by atoms with Gasteiger partial charge in [-0.15, -0.1) is 22.7 Å². The molecule has 2 aromatic rings. The second-order valence-corrected chi connectivity index (χ2v) is 5.67. The van der Waals surface area contributed by atoms with Crippen LogP contribution in [0, 0.1) is 0 Å². The molecule has 0 spiro atoms. The molecule has 0 saturated carbocycles. The lowest BCUT2D eigenvalue weighted by atomic mass is 10.4. The Morgan fingerprint density at radius 1 is 1.00 bits per heavy atom. The van der Waals surface area contributed by atoms with E-state index in [-0.39, 0.29) is 0 Å². The number of rotatable bonds is 4. The first-order valence-corrected chi connectivity index (χ1v) is 6.66. The zero-order valence-electron chi connectivity index (χ0n) is 7.54. The molecule has 0 bridgehead atoms. The van der Waals surface area contributed by atoms with E-state index >= 15 is 0 Å². The van der Waals surface area contributed by atoms with Crippen molar-refractivity contribution < 1.29 is 0 Å². The van der Waals surface area contributed by atoms with Crippen molar-refractivity contribution in [3.63, 3.8) is 0 Å². The van der Waals surface area contributed by atoms with Crippen LogP contribution in [-0.2, 0) is 13.1 Å². The number of halogens is 2. The molecule has 2 rings (SSSR count). The summed E-state index contributed by atoms with van der Waals surface area (Å²) in [5.74, 6) is 0. The first-order valence-electron chi connectivity index (χ1n) is 4.14. The number of thiazole rings is 2. The van der Waals surface area contributed by atoms with Gasteiger partial charge in [0.2, 0.25) is 0 Å². The van der Waals surface area contributed by atoms with E-state index in [2.05, 4.69) is 15.3 Å². The molecule has 0 unspecified atom stereocenters. The summed E-state index contributed by atoms with van der Waals surface area (Å²) < 4.78 is 1.15. The molecule has 0 aliphatic carbocycles. The minimum Gasteiger partial charge on any atom is -0.305 e. The molecule has 1 N–H and O–H groups in total. The molecule has 0 aliphatic rings. The van der Waals surface area contributed by atoms with Crippen LogP contribution in [0.4, 0.5) is 0 Å². The second kappa shape index (κ2) is 5.23. The SMILES string of the molecule is Clc1nc(CNCc2csc(Cl)n2)cs1. The van der Waals surface area contributed by atoms with Crippen molar-refractivity contribution in [1.29, 1.82) is 0 Å². The minimum atomic E-state index is 0.573. The van der Waals surface area contributed by atoms with E-state index in [1.54, 1.807) is 0 Å². The Balaban J connectivity index is 1.80. The van der Waals surface area contributed by atoms with Gasteiger partial charge in [0.1, 0.15) is 0 Å². The molecule has 0 amide bonds. The van der Waals surface area contributed by atoms with Crippen molar-refractivity contribution in [2.24, 2.45) is 0 Å². The van der Waals surface area contributed by atoms with E-state index in [0.717, 1.165) is 11.4 Å². The van der Waals surface area contributed by atoms with Gasteiger partial charge in [0.05, 0.1) is 11.4 Å². The lowest BCUT2D eigenvalue weighted by molar-refractivity contribution is 0.673. The van der Waals surface area contributed by atoms with E-state index in [9.17, 15) is 0 Å². The minimum absolute atomic E-state index is 0.573. The third-order valence-electron chi connectivity index (χ3n) is 1.66. The highest BCUT2D eigenvalue weighted by atomic mass is 35.5. The van der Waals surface area contributed by atoms with Crippen molar-refractivity contribution >= 4 is 45.9 Å². The monoisotopic (exact) mass is 279 g/mol. The van der Waals surface area contributed by atoms with E-state index in [1.165, 1.54) is 22.7 Å². The number of hydrogen-bond acceptors (Lipinski definition) is 5. The van der Waals surface area contributed by atoms with Crippen molar-refractivity contribution in [1.82, 2.24) is 15.3 Å². The maximum Gasteiger partial charge on any atom is 0.183 e. The molecule has 2 heterocycles. The van der Waals surface area contributed by atoms with Crippen LogP contribution in [0.5, 0.6) is 0 Å². The van der Waals surface area contributed by atoms with E-state index in [4.69, 9.17) is 23.2 Å². The van der Waals surface area contributed by atoms with E-state index < -0.39 is 0 Å². The van der Waals surface area contributed by atoms with Gasteiger partial charge in [-0.05, 0) is 0 Å². The average molecular weight is 280 g/mol. The average Bonchev–Trinajstić information content (AvgIpc) is 2.76. The lowest BCUT2D eigenvalue weighted by Gasteiger charge is -1.98. The van der Waals surface area contributed by atoms with Crippen LogP contribution in [0.15, 0.2) is 10.8 Å². The first-order chi connectivity index (χ1) is 7.24. The molecule has 0 fully saturated rings. The normalized spacial score (nSPS) is 10.8. The maximum atomic E-state index is 5.71. The van der Waals surface area contributed by atoms with Gasteiger partial charge in [0, 0.05) is 23.8 Å². The zero-order valence-corrected chi connectivity index (χ0v) is 10.7. The van der Waals surface area contributed by atoms with Gasteiger partial charge in [-0.2, -0.15) is 0 Å². The summed E-state index contributed by atoms with van der Waals surface area (Å²) in [6.45, 7) is 1.39. The van der Waals surface area contributed by atoms with E-state index in [1.807, 2.05) is 10.8 Å². The molecule has 0 saturated heterocycles. The molecular formula is C8H7Cl2N3S2. The summed E-state index contributed by atoms with van der Waals surface area (Å²) in [7, 11) is 0. The summed E-state index contributed by atoms with van der Waals surface area (Å²) in [6.07, 6.45) is 0. The van der Waals surface area contributed by atoms with Crippen LogP contribution in [0.2, 0.25) is 8.93 Å². The highest BCUT2D eigenvalue weighted by molar-refractivity contribution is 7.14. The third kappa shape index (κ3) is 3.39. The fraction of sp³-hybridized carbons (Fsp3) is 0.250. The molecular weight excluding hydrogens is 273 g/mol. The molecule has 0 aromatic carbocycles. The molecule has 7 heteroatoms. The molecule has 80 valence electrons. The Labute approximate surface area is 105 Å². The Morgan fingerprint density at radius 2 is 1.47 bits per heavy atom. The van der Waals surface area contributed by atoms with Gasteiger partial charge >= 0.3 is 0 Å². The van der Waals surface area contributed by atoms with Gasteiger partial charge in [0.15, 0.2) is 8.93 Å². The van der Waals surface area contributed by atoms with Crippen molar-refractivity contribution in [3.05, 3.63) is 31.1 Å². The summed E-state index contributed by atoms with van der Waals surface area (Å²) in [4.78, 5) is 8.25. The highest BCUT2D eigenvalue weighted by Crippen LogP contribution is 2.16. The zero-order chi connectivity index (χ0) is 10.7. The Bertz CT molecular complexity index is 400. The predicted molar refractivity (Wildman–Crippen MR) is 64.8 cm³/mol. The van der Waals surface area contributed by atoms with Crippen LogP contribution >= 0.6 is 45.9 Å². The lowest BCUT2D eigenvalue weighted by Crippen LogP contribution is -2.12. The van der Waals surface area contributed by atoms with Crippen LogP contribution < -0.4 is 5.32 Å². The van der Waals surface area contributed by atoms with Crippen LogP contribution in [0.3, 0.4) is 0 Å². The molecule has 0 atom stereocenters. The first kappa shape index (κ1) is 11.3. The Morgan fingerprint density at radius 3 is 1.80 bits per heavy atom. The standard InChI is InChI=1S/C8H7Cl2N3S2/c9-7-12-5(3-14-7)1-11-2-6-4-15-8(10)13-6/h3-4,11H,1-2H2. The maximum absolute atomic E-state index is 5.71. The van der Waals surface area contributed by atoms with Crippen LogP contribution in [0.25, 0.3) is 0 Å². The van der Waals surface area contributed by atoms with E-state index in [0.29, 0.717) is 22.0 Å². The molecule has 2 aromatic heterocycles. The Hall–Kier alpha value is -0.200. The molecule has 0 aliphatic heterocycles. The molecule has 15 heavy (non-hydrogen) atoms. The summed E-state index contributed by atoms with van der Waals surface area (Å²) >= 11 is 14.3. The summed E-state index contributed by atoms with van der Waals surface area (Å²) in [6, 6.07) is 0. The smallest absolute Gasteiger partial charge is 0.183 e. The van der Waals surface area contributed by atoms with Gasteiger partial charge in [-0.1, -0.05) is 23.2 Å². The van der Waals surface area contributed by atoms with Gasteiger partial charge in [0.25, 0.3) is 0 Å². The largest absolute Gasteiger partial charge is 0.305 e. The number of nitrogens with one attached hydrogen (secondary N) is 1. The van der Waals surface area contributed by atoms with Crippen molar-refractivity contribution in [2.75, 3.05) is 0 Å². The quantitative estimate of drug-likeness (QED) is 0.934. The molecule has 3 nitrogen and oxygen atoms in total. The van der Waals surface area contributed by atoms with Gasteiger partial charge in [-0.3, -0.25) is 0 Å². The van der Waals surface area contributed by atoms with Crippen LogP contribution in [-0.4, -0.2) is 9.97 Å². The van der Waals surface area contributed by atoms with Gasteiger partial charge in [-0.25, -0.2) is 9.97 Å². The van der Waals surface area contributed by atoms with Crippen molar-refractivity contribution in [3.8, 4) is 0 Å². The highest BCUT2D eigenvalue weighted by Gasteiger charge is 2.01. The number of hydrogen-bond donors (Lipinski definition) is 1. The fourth-order valence-corrected chi connectivity index (χ4v) is 2.61.